The maximum atomic E-state index is 12.2. The molecule has 1 heterocycles. The Hall–Kier alpha value is -1.88. The molecule has 25 heavy (non-hydrogen) atoms. The fourth-order valence-corrected chi connectivity index (χ4v) is 4.05. The minimum Gasteiger partial charge on any atom is -0.462 e. The van der Waals surface area contributed by atoms with E-state index in [-0.39, 0.29) is 24.4 Å². The number of rotatable bonds is 6. The molecule has 1 aliphatic carbocycles. The lowest BCUT2D eigenvalue weighted by Gasteiger charge is -2.48. The summed E-state index contributed by atoms with van der Waals surface area (Å²) in [6.07, 6.45) is 1.48. The van der Waals surface area contributed by atoms with Gasteiger partial charge in [0.2, 0.25) is 0 Å². The molecule has 1 N–H and O–H groups in total. The van der Waals surface area contributed by atoms with Crippen LogP contribution in [0.5, 0.6) is 0 Å². The summed E-state index contributed by atoms with van der Waals surface area (Å²) in [6, 6.07) is 0. The Balaban J connectivity index is 2.38. The Morgan fingerprint density at radius 2 is 2.16 bits per heavy atom. The standard InChI is InChI=1S/C20H28O5/c1-7-20(6)9-14(24-15(22)8-11(2)3)16-13(5)19(23)25-18(16)17(20)12(4)10-21/h7,11,14,16-18,21H,1,4-5,8-10H2,2-3,6H3. The van der Waals surface area contributed by atoms with E-state index in [4.69, 9.17) is 9.47 Å². The lowest BCUT2D eigenvalue weighted by atomic mass is 9.59. The molecule has 0 radical (unpaired) electrons. The van der Waals surface area contributed by atoms with Gasteiger partial charge in [0, 0.05) is 17.9 Å². The molecular formula is C20H28O5. The summed E-state index contributed by atoms with van der Waals surface area (Å²) in [5.41, 5.74) is 0.371. The van der Waals surface area contributed by atoms with Crippen LogP contribution >= 0.6 is 0 Å². The molecule has 138 valence electrons. The third-order valence-corrected chi connectivity index (χ3v) is 5.31. The van der Waals surface area contributed by atoms with Gasteiger partial charge in [0.1, 0.15) is 12.2 Å². The topological polar surface area (TPSA) is 72.8 Å². The fraction of sp³-hybridized carbons (Fsp3) is 0.600. The van der Waals surface area contributed by atoms with Crippen LogP contribution in [0.15, 0.2) is 37.0 Å². The fourth-order valence-electron chi connectivity index (χ4n) is 4.05. The average Bonchev–Trinajstić information content (AvgIpc) is 2.81. The van der Waals surface area contributed by atoms with Crippen molar-refractivity contribution in [3.63, 3.8) is 0 Å². The summed E-state index contributed by atoms with van der Waals surface area (Å²) < 4.78 is 11.3. The second kappa shape index (κ2) is 7.16. The van der Waals surface area contributed by atoms with Crippen LogP contribution in [0.4, 0.5) is 0 Å². The van der Waals surface area contributed by atoms with E-state index >= 15 is 0 Å². The van der Waals surface area contributed by atoms with Crippen molar-refractivity contribution in [3.05, 3.63) is 37.0 Å². The Bertz CT molecular complexity index is 605. The van der Waals surface area contributed by atoms with Crippen LogP contribution in [0.25, 0.3) is 0 Å². The van der Waals surface area contributed by atoms with E-state index in [9.17, 15) is 14.7 Å². The first kappa shape index (κ1) is 19.4. The molecule has 0 aromatic carbocycles. The van der Waals surface area contributed by atoms with Crippen LogP contribution in [-0.2, 0) is 19.1 Å². The molecule has 0 aromatic heterocycles. The summed E-state index contributed by atoms with van der Waals surface area (Å²) in [4.78, 5) is 24.3. The van der Waals surface area contributed by atoms with Crippen molar-refractivity contribution >= 4 is 11.9 Å². The summed E-state index contributed by atoms with van der Waals surface area (Å²) >= 11 is 0. The van der Waals surface area contributed by atoms with E-state index in [1.54, 1.807) is 6.08 Å². The lowest BCUT2D eigenvalue weighted by Crippen LogP contribution is -2.51. The maximum absolute atomic E-state index is 12.2. The van der Waals surface area contributed by atoms with Gasteiger partial charge in [-0.3, -0.25) is 4.79 Å². The van der Waals surface area contributed by atoms with Crippen LogP contribution < -0.4 is 0 Å². The van der Waals surface area contributed by atoms with Gasteiger partial charge in [0.15, 0.2) is 0 Å². The predicted octanol–water partition coefficient (Wildman–Crippen LogP) is 2.80. The highest BCUT2D eigenvalue weighted by Gasteiger charge is 2.58. The van der Waals surface area contributed by atoms with Crippen molar-refractivity contribution in [1.82, 2.24) is 0 Å². The van der Waals surface area contributed by atoms with Crippen LogP contribution in [0, 0.1) is 23.2 Å². The minimum absolute atomic E-state index is 0.184. The van der Waals surface area contributed by atoms with Gasteiger partial charge in [-0.05, 0) is 23.3 Å². The van der Waals surface area contributed by atoms with Crippen molar-refractivity contribution in [3.8, 4) is 0 Å². The van der Waals surface area contributed by atoms with Gasteiger partial charge < -0.3 is 14.6 Å². The summed E-state index contributed by atoms with van der Waals surface area (Å²) in [5, 5.41) is 9.59. The first-order chi connectivity index (χ1) is 11.6. The normalized spacial score (nSPS) is 34.4. The van der Waals surface area contributed by atoms with E-state index in [0.717, 1.165) is 0 Å². The van der Waals surface area contributed by atoms with E-state index in [1.165, 1.54) is 0 Å². The molecule has 1 aliphatic heterocycles. The molecule has 0 spiro atoms. The smallest absolute Gasteiger partial charge is 0.334 e. The summed E-state index contributed by atoms with van der Waals surface area (Å²) in [7, 11) is 0. The third-order valence-electron chi connectivity index (χ3n) is 5.31. The molecule has 0 amide bonds. The molecule has 0 aromatic rings. The van der Waals surface area contributed by atoms with Gasteiger partial charge in [-0.2, -0.15) is 0 Å². The number of hydrogen-bond acceptors (Lipinski definition) is 5. The quantitative estimate of drug-likeness (QED) is 0.454. The van der Waals surface area contributed by atoms with Crippen molar-refractivity contribution < 1.29 is 24.2 Å². The molecule has 2 aliphatic rings. The molecule has 0 bridgehead atoms. The van der Waals surface area contributed by atoms with Crippen LogP contribution in [0.2, 0.25) is 0 Å². The number of esters is 2. The number of carbonyl (C=O) groups excluding carboxylic acids is 2. The van der Waals surface area contributed by atoms with Gasteiger partial charge >= 0.3 is 11.9 Å². The SMILES string of the molecule is C=CC1(C)CC(OC(=O)CC(C)C)C2C(=C)C(=O)OC2C1C(=C)CO. The first-order valence-corrected chi connectivity index (χ1v) is 8.66. The van der Waals surface area contributed by atoms with Gasteiger partial charge in [-0.1, -0.05) is 40.0 Å². The Morgan fingerprint density at radius 3 is 2.68 bits per heavy atom. The average molecular weight is 348 g/mol. The largest absolute Gasteiger partial charge is 0.462 e. The predicted molar refractivity (Wildman–Crippen MR) is 94.5 cm³/mol. The zero-order chi connectivity index (χ0) is 18.9. The molecule has 2 fully saturated rings. The highest BCUT2D eigenvalue weighted by Crippen LogP contribution is 2.53. The number of ether oxygens (including phenoxy) is 2. The first-order valence-electron chi connectivity index (χ1n) is 8.66. The molecule has 5 unspecified atom stereocenters. The number of aliphatic hydroxyl groups excluding tert-OH is 1. The lowest BCUT2D eigenvalue weighted by molar-refractivity contribution is -0.163. The minimum atomic E-state index is -0.562. The Labute approximate surface area is 149 Å². The molecule has 2 rings (SSSR count). The van der Waals surface area contributed by atoms with Crippen molar-refractivity contribution in [2.45, 2.75) is 45.8 Å². The highest BCUT2D eigenvalue weighted by molar-refractivity contribution is 5.91. The van der Waals surface area contributed by atoms with E-state index in [0.29, 0.717) is 24.0 Å². The molecule has 5 nitrogen and oxygen atoms in total. The Morgan fingerprint density at radius 1 is 1.52 bits per heavy atom. The Kier molecular flexibility index (Phi) is 5.57. The number of carbonyl (C=O) groups is 2. The zero-order valence-corrected chi connectivity index (χ0v) is 15.3. The van der Waals surface area contributed by atoms with Gasteiger partial charge in [-0.25, -0.2) is 4.79 Å². The molecule has 5 heteroatoms. The van der Waals surface area contributed by atoms with Gasteiger partial charge in [-0.15, -0.1) is 6.58 Å². The second-order valence-corrected chi connectivity index (χ2v) is 7.76. The molecule has 1 saturated heterocycles. The third kappa shape index (κ3) is 3.56. The van der Waals surface area contributed by atoms with Crippen molar-refractivity contribution in [1.29, 1.82) is 0 Å². The number of fused-ring (bicyclic) bond motifs is 1. The van der Waals surface area contributed by atoms with Crippen molar-refractivity contribution in [2.24, 2.45) is 23.2 Å². The van der Waals surface area contributed by atoms with Crippen molar-refractivity contribution in [2.75, 3.05) is 6.61 Å². The number of hydrogen-bond donors (Lipinski definition) is 1. The number of allylic oxidation sites excluding steroid dienone is 1. The highest BCUT2D eigenvalue weighted by atomic mass is 16.6. The van der Waals surface area contributed by atoms with Crippen LogP contribution in [-0.4, -0.2) is 35.9 Å². The monoisotopic (exact) mass is 348 g/mol. The van der Waals surface area contributed by atoms with E-state index in [1.807, 2.05) is 20.8 Å². The molecule has 5 atom stereocenters. The van der Waals surface area contributed by atoms with Crippen LogP contribution in [0.1, 0.15) is 33.6 Å². The van der Waals surface area contributed by atoms with E-state index in [2.05, 4.69) is 19.7 Å². The van der Waals surface area contributed by atoms with E-state index < -0.39 is 29.5 Å². The number of aliphatic hydroxyl groups is 1. The van der Waals surface area contributed by atoms with Crippen LogP contribution in [0.3, 0.4) is 0 Å². The van der Waals surface area contributed by atoms with Gasteiger partial charge in [0.25, 0.3) is 0 Å². The summed E-state index contributed by atoms with van der Waals surface area (Å²) in [6.45, 7) is 17.3. The van der Waals surface area contributed by atoms with Gasteiger partial charge in [0.05, 0.1) is 12.5 Å². The maximum Gasteiger partial charge on any atom is 0.334 e. The zero-order valence-electron chi connectivity index (χ0n) is 15.3. The molecule has 1 saturated carbocycles. The molecular weight excluding hydrogens is 320 g/mol. The second-order valence-electron chi connectivity index (χ2n) is 7.76. The summed E-state index contributed by atoms with van der Waals surface area (Å²) in [5.74, 6) is -1.32.